The van der Waals surface area contributed by atoms with Crippen LogP contribution in [0.5, 0.6) is 0 Å². The van der Waals surface area contributed by atoms with E-state index >= 15 is 0 Å². The summed E-state index contributed by atoms with van der Waals surface area (Å²) in [5, 5.41) is 3.17. The van der Waals surface area contributed by atoms with E-state index in [0.717, 1.165) is 55.7 Å². The number of carbonyl (C=O) groups excluding carboxylic acids is 1. The van der Waals surface area contributed by atoms with E-state index in [-0.39, 0.29) is 11.8 Å². The molecular formula is C23H30N2O. The number of rotatable bonds is 6. The van der Waals surface area contributed by atoms with Gasteiger partial charge in [-0.25, -0.2) is 0 Å². The molecule has 1 N–H and O–H groups in total. The standard InChI is InChI=1S/C23H30N2O/c1-18-8-6-9-19(2)22(18)24-23(26)21-13-16-25(17-14-21)15-7-12-20-10-4-3-5-11-20/h3-6,8-11,21H,7,12-17H2,1-2H3,(H,24,26). The Morgan fingerprint density at radius 1 is 1.00 bits per heavy atom. The normalized spacial score (nSPS) is 15.8. The van der Waals surface area contributed by atoms with Crippen LogP contribution in [0, 0.1) is 19.8 Å². The zero-order chi connectivity index (χ0) is 18.4. The minimum atomic E-state index is 0.138. The van der Waals surface area contributed by atoms with Crippen LogP contribution in [0.15, 0.2) is 48.5 Å². The summed E-state index contributed by atoms with van der Waals surface area (Å²) in [5.74, 6) is 0.325. The second kappa shape index (κ2) is 9.00. The lowest BCUT2D eigenvalue weighted by atomic mass is 9.95. The van der Waals surface area contributed by atoms with Gasteiger partial charge in [0.15, 0.2) is 0 Å². The van der Waals surface area contributed by atoms with Gasteiger partial charge in [0.2, 0.25) is 5.91 Å². The number of aryl methyl sites for hydroxylation is 3. The Balaban J connectivity index is 1.42. The average Bonchev–Trinajstić information content (AvgIpc) is 2.66. The molecule has 2 aromatic rings. The molecule has 0 radical (unpaired) electrons. The molecule has 0 aromatic heterocycles. The number of likely N-dealkylation sites (tertiary alicyclic amines) is 1. The monoisotopic (exact) mass is 350 g/mol. The van der Waals surface area contributed by atoms with Crippen molar-refractivity contribution >= 4 is 11.6 Å². The molecule has 1 aliphatic heterocycles. The van der Waals surface area contributed by atoms with E-state index in [1.807, 2.05) is 6.07 Å². The Hall–Kier alpha value is -2.13. The summed E-state index contributed by atoms with van der Waals surface area (Å²) in [6.45, 7) is 7.29. The molecule has 0 spiro atoms. The van der Waals surface area contributed by atoms with Crippen LogP contribution in [-0.2, 0) is 11.2 Å². The lowest BCUT2D eigenvalue weighted by molar-refractivity contribution is -0.121. The third-order valence-corrected chi connectivity index (χ3v) is 5.47. The smallest absolute Gasteiger partial charge is 0.227 e. The number of benzene rings is 2. The number of anilines is 1. The quantitative estimate of drug-likeness (QED) is 0.826. The van der Waals surface area contributed by atoms with Crippen molar-refractivity contribution < 1.29 is 4.79 Å². The molecule has 1 heterocycles. The first-order chi connectivity index (χ1) is 12.6. The summed E-state index contributed by atoms with van der Waals surface area (Å²) in [6.07, 6.45) is 4.24. The van der Waals surface area contributed by atoms with Crippen LogP contribution >= 0.6 is 0 Å². The van der Waals surface area contributed by atoms with Gasteiger partial charge in [0, 0.05) is 11.6 Å². The van der Waals surface area contributed by atoms with E-state index < -0.39 is 0 Å². The molecule has 1 aliphatic rings. The van der Waals surface area contributed by atoms with Crippen LogP contribution in [0.4, 0.5) is 5.69 Å². The number of nitrogens with one attached hydrogen (secondary N) is 1. The Kier molecular flexibility index (Phi) is 6.45. The maximum absolute atomic E-state index is 12.6. The summed E-state index contributed by atoms with van der Waals surface area (Å²) in [7, 11) is 0. The molecule has 2 aromatic carbocycles. The third-order valence-electron chi connectivity index (χ3n) is 5.47. The Morgan fingerprint density at radius 2 is 1.65 bits per heavy atom. The first-order valence-corrected chi connectivity index (χ1v) is 9.77. The van der Waals surface area contributed by atoms with Crippen molar-refractivity contribution in [3.05, 3.63) is 65.2 Å². The van der Waals surface area contributed by atoms with Crippen molar-refractivity contribution in [2.75, 3.05) is 25.0 Å². The molecule has 3 heteroatoms. The molecule has 1 amide bonds. The van der Waals surface area contributed by atoms with Gasteiger partial charge in [0.1, 0.15) is 0 Å². The van der Waals surface area contributed by atoms with Crippen molar-refractivity contribution in [1.82, 2.24) is 4.90 Å². The summed E-state index contributed by atoms with van der Waals surface area (Å²) in [6, 6.07) is 16.8. The van der Waals surface area contributed by atoms with Crippen LogP contribution in [-0.4, -0.2) is 30.4 Å². The number of piperidine rings is 1. The van der Waals surface area contributed by atoms with Gasteiger partial charge in [-0.1, -0.05) is 48.5 Å². The van der Waals surface area contributed by atoms with Gasteiger partial charge in [-0.15, -0.1) is 0 Å². The largest absolute Gasteiger partial charge is 0.325 e. The third kappa shape index (κ3) is 4.95. The van der Waals surface area contributed by atoms with E-state index in [0.29, 0.717) is 0 Å². The lowest BCUT2D eigenvalue weighted by Crippen LogP contribution is -2.38. The summed E-state index contributed by atoms with van der Waals surface area (Å²) >= 11 is 0. The fraction of sp³-hybridized carbons (Fsp3) is 0.435. The number of nitrogens with zero attached hydrogens (tertiary/aromatic N) is 1. The van der Waals surface area contributed by atoms with Gasteiger partial charge >= 0.3 is 0 Å². The Bertz CT molecular complexity index is 698. The number of amides is 1. The summed E-state index contributed by atoms with van der Waals surface area (Å²) in [4.78, 5) is 15.2. The number of hydrogen-bond donors (Lipinski definition) is 1. The molecule has 1 fully saturated rings. The minimum Gasteiger partial charge on any atom is -0.325 e. The lowest BCUT2D eigenvalue weighted by Gasteiger charge is -2.31. The number of hydrogen-bond acceptors (Lipinski definition) is 2. The van der Waals surface area contributed by atoms with Crippen molar-refractivity contribution in [3.63, 3.8) is 0 Å². The molecule has 26 heavy (non-hydrogen) atoms. The Labute approximate surface area is 157 Å². The topological polar surface area (TPSA) is 32.3 Å². The predicted octanol–water partition coefficient (Wildman–Crippen LogP) is 4.59. The summed E-state index contributed by atoms with van der Waals surface area (Å²) < 4.78 is 0. The molecule has 0 bridgehead atoms. The van der Waals surface area contributed by atoms with Crippen molar-refractivity contribution in [2.45, 2.75) is 39.5 Å². The van der Waals surface area contributed by atoms with Crippen LogP contribution in [0.25, 0.3) is 0 Å². The summed E-state index contributed by atoms with van der Waals surface area (Å²) in [5.41, 5.74) is 4.67. The van der Waals surface area contributed by atoms with Crippen molar-refractivity contribution in [1.29, 1.82) is 0 Å². The second-order valence-electron chi connectivity index (χ2n) is 7.46. The zero-order valence-corrected chi connectivity index (χ0v) is 16.0. The first kappa shape index (κ1) is 18.7. The average molecular weight is 351 g/mol. The number of para-hydroxylation sites is 1. The highest BCUT2D eigenvalue weighted by atomic mass is 16.1. The molecule has 0 saturated carbocycles. The highest BCUT2D eigenvalue weighted by molar-refractivity contribution is 5.94. The van der Waals surface area contributed by atoms with Gasteiger partial charge in [-0.3, -0.25) is 4.79 Å². The molecule has 0 aliphatic carbocycles. The van der Waals surface area contributed by atoms with Crippen LogP contribution in [0.1, 0.15) is 36.0 Å². The molecule has 138 valence electrons. The van der Waals surface area contributed by atoms with E-state index in [1.54, 1.807) is 0 Å². The zero-order valence-electron chi connectivity index (χ0n) is 16.0. The second-order valence-corrected chi connectivity index (χ2v) is 7.46. The fourth-order valence-corrected chi connectivity index (χ4v) is 3.81. The van der Waals surface area contributed by atoms with Gasteiger partial charge < -0.3 is 10.2 Å². The molecule has 3 nitrogen and oxygen atoms in total. The van der Waals surface area contributed by atoms with Crippen LogP contribution in [0.2, 0.25) is 0 Å². The fourth-order valence-electron chi connectivity index (χ4n) is 3.81. The highest BCUT2D eigenvalue weighted by Gasteiger charge is 2.25. The van der Waals surface area contributed by atoms with Gasteiger partial charge in [-0.2, -0.15) is 0 Å². The molecule has 3 rings (SSSR count). The SMILES string of the molecule is Cc1cccc(C)c1NC(=O)C1CCN(CCCc2ccccc2)CC1. The first-order valence-electron chi connectivity index (χ1n) is 9.77. The van der Waals surface area contributed by atoms with Gasteiger partial charge in [-0.05, 0) is 75.9 Å². The molecule has 1 saturated heterocycles. The highest BCUT2D eigenvalue weighted by Crippen LogP contribution is 2.23. The number of carbonyl (C=O) groups is 1. The van der Waals surface area contributed by atoms with E-state index in [1.165, 1.54) is 12.0 Å². The van der Waals surface area contributed by atoms with Crippen LogP contribution in [0.3, 0.4) is 0 Å². The maximum Gasteiger partial charge on any atom is 0.227 e. The molecule has 0 unspecified atom stereocenters. The maximum atomic E-state index is 12.6. The van der Waals surface area contributed by atoms with Crippen molar-refractivity contribution in [3.8, 4) is 0 Å². The van der Waals surface area contributed by atoms with E-state index in [4.69, 9.17) is 0 Å². The van der Waals surface area contributed by atoms with E-state index in [2.05, 4.69) is 66.5 Å². The minimum absolute atomic E-state index is 0.138. The Morgan fingerprint density at radius 3 is 2.31 bits per heavy atom. The molecular weight excluding hydrogens is 320 g/mol. The van der Waals surface area contributed by atoms with Gasteiger partial charge in [0.25, 0.3) is 0 Å². The predicted molar refractivity (Wildman–Crippen MR) is 108 cm³/mol. The molecule has 0 atom stereocenters. The van der Waals surface area contributed by atoms with Crippen LogP contribution < -0.4 is 5.32 Å². The van der Waals surface area contributed by atoms with E-state index in [9.17, 15) is 4.79 Å². The van der Waals surface area contributed by atoms with Gasteiger partial charge in [0.05, 0.1) is 0 Å². The van der Waals surface area contributed by atoms with Crippen molar-refractivity contribution in [2.24, 2.45) is 5.92 Å².